The first kappa shape index (κ1) is 18.9. The van der Waals surface area contributed by atoms with E-state index in [1.54, 1.807) is 12.1 Å². The molecule has 0 radical (unpaired) electrons. The zero-order valence-electron chi connectivity index (χ0n) is 17.0. The normalized spacial score (nSPS) is 12.8. The lowest BCUT2D eigenvalue weighted by molar-refractivity contribution is -0.137. The maximum absolute atomic E-state index is 14.2. The van der Waals surface area contributed by atoms with Crippen molar-refractivity contribution in [3.05, 3.63) is 102 Å². The van der Waals surface area contributed by atoms with Crippen LogP contribution in [-0.4, -0.2) is 0 Å². The second-order valence-corrected chi connectivity index (χ2v) is 8.29. The van der Waals surface area contributed by atoms with Crippen LogP contribution in [0.25, 0.3) is 43.8 Å². The number of anilines is 1. The van der Waals surface area contributed by atoms with Crippen molar-refractivity contribution in [2.45, 2.75) is 12.6 Å². The van der Waals surface area contributed by atoms with E-state index in [-0.39, 0.29) is 5.56 Å². The van der Waals surface area contributed by atoms with Crippen molar-refractivity contribution in [1.82, 2.24) is 0 Å². The highest BCUT2D eigenvalue weighted by Gasteiger charge is 2.37. The average molecular weight is 425 g/mol. The van der Waals surface area contributed by atoms with E-state index >= 15 is 0 Å². The summed E-state index contributed by atoms with van der Waals surface area (Å²) in [5.41, 5.74) is 10.6. The van der Waals surface area contributed by atoms with Crippen LogP contribution in [0.5, 0.6) is 0 Å². The van der Waals surface area contributed by atoms with Crippen LogP contribution in [0.1, 0.15) is 16.7 Å². The van der Waals surface area contributed by atoms with Gasteiger partial charge in [0.05, 0.1) is 5.56 Å². The Morgan fingerprint density at radius 1 is 0.688 bits per heavy atom. The highest BCUT2D eigenvalue weighted by atomic mass is 19.4. The van der Waals surface area contributed by atoms with Gasteiger partial charge in [-0.2, -0.15) is 13.2 Å². The second-order valence-electron chi connectivity index (χ2n) is 8.29. The molecule has 1 aliphatic carbocycles. The SMILES string of the molecule is Nc1cc(-c2c(C(F)(F)F)ccc3c2Cc2ccccc2-3)cc2c1ccc1ccccc12. The molecule has 0 spiro atoms. The molecule has 6 rings (SSSR count). The van der Waals surface area contributed by atoms with E-state index in [1.165, 1.54) is 6.07 Å². The monoisotopic (exact) mass is 425 g/mol. The Morgan fingerprint density at radius 2 is 1.47 bits per heavy atom. The van der Waals surface area contributed by atoms with Gasteiger partial charge in [0.2, 0.25) is 0 Å². The number of rotatable bonds is 1. The van der Waals surface area contributed by atoms with E-state index in [0.29, 0.717) is 23.2 Å². The summed E-state index contributed by atoms with van der Waals surface area (Å²) in [5.74, 6) is 0. The van der Waals surface area contributed by atoms with Gasteiger partial charge < -0.3 is 5.73 Å². The standard InChI is InChI=1S/C28H18F3N/c29-28(30,31)25-12-11-21-20-8-4-2-6-17(20)13-24(21)27(25)18-14-23-19-7-3-1-5-16(19)9-10-22(23)26(32)15-18/h1-12,14-15H,13,32H2. The zero-order chi connectivity index (χ0) is 22.0. The fourth-order valence-corrected chi connectivity index (χ4v) is 5.07. The van der Waals surface area contributed by atoms with E-state index in [2.05, 4.69) is 0 Å². The lowest BCUT2D eigenvalue weighted by Crippen LogP contribution is -2.09. The topological polar surface area (TPSA) is 26.0 Å². The molecule has 2 N–H and O–H groups in total. The van der Waals surface area contributed by atoms with E-state index in [9.17, 15) is 13.2 Å². The molecule has 0 atom stereocenters. The third-order valence-corrected chi connectivity index (χ3v) is 6.47. The third kappa shape index (κ3) is 2.72. The minimum atomic E-state index is -4.47. The van der Waals surface area contributed by atoms with Gasteiger partial charge in [0, 0.05) is 11.1 Å². The summed E-state index contributed by atoms with van der Waals surface area (Å²) in [5, 5.41) is 3.71. The molecular formula is C28H18F3N. The highest BCUT2D eigenvalue weighted by molar-refractivity contribution is 6.12. The van der Waals surface area contributed by atoms with Crippen molar-refractivity contribution in [3.63, 3.8) is 0 Å². The zero-order valence-corrected chi connectivity index (χ0v) is 17.0. The van der Waals surface area contributed by atoms with Crippen molar-refractivity contribution < 1.29 is 13.2 Å². The molecule has 156 valence electrons. The van der Waals surface area contributed by atoms with Crippen LogP contribution in [0.4, 0.5) is 18.9 Å². The van der Waals surface area contributed by atoms with Crippen molar-refractivity contribution in [2.24, 2.45) is 0 Å². The Morgan fingerprint density at radius 3 is 2.31 bits per heavy atom. The van der Waals surface area contributed by atoms with E-state index < -0.39 is 11.7 Å². The first-order valence-corrected chi connectivity index (χ1v) is 10.4. The summed E-state index contributed by atoms with van der Waals surface area (Å²) in [6.45, 7) is 0. The quantitative estimate of drug-likeness (QED) is 0.211. The van der Waals surface area contributed by atoms with Crippen molar-refractivity contribution in [3.8, 4) is 22.3 Å². The van der Waals surface area contributed by atoms with Gasteiger partial charge >= 0.3 is 6.18 Å². The minimum Gasteiger partial charge on any atom is -0.398 e. The summed E-state index contributed by atoms with van der Waals surface area (Å²) in [6.07, 6.45) is -4.00. The van der Waals surface area contributed by atoms with Gasteiger partial charge in [-0.25, -0.2) is 0 Å². The number of halogens is 3. The fourth-order valence-electron chi connectivity index (χ4n) is 5.07. The molecule has 1 aliphatic rings. The van der Waals surface area contributed by atoms with E-state index in [0.717, 1.165) is 38.2 Å². The number of hydrogen-bond acceptors (Lipinski definition) is 1. The molecule has 0 amide bonds. The maximum Gasteiger partial charge on any atom is 0.417 e. The Hall–Kier alpha value is -3.79. The molecule has 0 bridgehead atoms. The molecule has 1 nitrogen and oxygen atoms in total. The van der Waals surface area contributed by atoms with Crippen LogP contribution < -0.4 is 5.73 Å². The number of nitrogen functional groups attached to an aromatic ring is 1. The first-order valence-electron chi connectivity index (χ1n) is 10.4. The molecule has 0 aliphatic heterocycles. The molecule has 32 heavy (non-hydrogen) atoms. The van der Waals surface area contributed by atoms with Gasteiger partial charge in [0.1, 0.15) is 0 Å². The summed E-state index contributed by atoms with van der Waals surface area (Å²) in [6, 6.07) is 26.0. The number of fused-ring (bicyclic) bond motifs is 6. The molecule has 4 heteroatoms. The Balaban J connectivity index is 1.71. The highest BCUT2D eigenvalue weighted by Crippen LogP contribution is 2.48. The van der Waals surface area contributed by atoms with Gasteiger partial charge in [0.15, 0.2) is 0 Å². The van der Waals surface area contributed by atoms with Gasteiger partial charge in [0.25, 0.3) is 0 Å². The van der Waals surface area contributed by atoms with Crippen molar-refractivity contribution >= 4 is 27.2 Å². The van der Waals surface area contributed by atoms with Crippen LogP contribution in [0.3, 0.4) is 0 Å². The Labute approximate surface area is 182 Å². The van der Waals surface area contributed by atoms with Crippen LogP contribution >= 0.6 is 0 Å². The van der Waals surface area contributed by atoms with Crippen molar-refractivity contribution in [1.29, 1.82) is 0 Å². The largest absolute Gasteiger partial charge is 0.417 e. The number of hydrogen-bond donors (Lipinski definition) is 1. The summed E-state index contributed by atoms with van der Waals surface area (Å²) >= 11 is 0. The van der Waals surface area contributed by atoms with Gasteiger partial charge in [-0.1, -0.05) is 66.7 Å². The van der Waals surface area contributed by atoms with E-state index in [4.69, 9.17) is 5.73 Å². The Kier molecular flexibility index (Phi) is 3.91. The predicted octanol–water partition coefficient (Wildman–Crippen LogP) is 7.83. The van der Waals surface area contributed by atoms with Gasteiger partial charge in [-0.05, 0) is 74.2 Å². The number of alkyl halides is 3. The summed E-state index contributed by atoms with van der Waals surface area (Å²) in [7, 11) is 0. The molecule has 0 saturated carbocycles. The molecular weight excluding hydrogens is 407 g/mol. The Bertz CT molecular complexity index is 1550. The molecule has 5 aromatic rings. The second kappa shape index (κ2) is 6.60. The molecule has 0 heterocycles. The summed E-state index contributed by atoms with van der Waals surface area (Å²) < 4.78 is 42.5. The molecule has 0 aromatic heterocycles. The lowest BCUT2D eigenvalue weighted by atomic mass is 9.88. The smallest absolute Gasteiger partial charge is 0.398 e. The van der Waals surface area contributed by atoms with Crippen molar-refractivity contribution in [2.75, 3.05) is 5.73 Å². The van der Waals surface area contributed by atoms with Crippen LogP contribution in [0.15, 0.2) is 84.9 Å². The molecule has 0 unspecified atom stereocenters. The van der Waals surface area contributed by atoms with Crippen LogP contribution in [0.2, 0.25) is 0 Å². The van der Waals surface area contributed by atoms with Crippen LogP contribution in [-0.2, 0) is 12.6 Å². The fraction of sp³-hybridized carbons (Fsp3) is 0.0714. The average Bonchev–Trinajstić information content (AvgIpc) is 3.16. The third-order valence-electron chi connectivity index (χ3n) is 6.47. The molecule has 0 fully saturated rings. The van der Waals surface area contributed by atoms with E-state index in [1.807, 2.05) is 66.7 Å². The van der Waals surface area contributed by atoms with Gasteiger partial charge in [-0.3, -0.25) is 0 Å². The maximum atomic E-state index is 14.2. The number of nitrogens with two attached hydrogens (primary N) is 1. The molecule has 0 saturated heterocycles. The lowest BCUT2D eigenvalue weighted by Gasteiger charge is -2.19. The van der Waals surface area contributed by atoms with Crippen LogP contribution in [0, 0.1) is 0 Å². The van der Waals surface area contributed by atoms with Gasteiger partial charge in [-0.15, -0.1) is 0 Å². The molecule has 5 aromatic carbocycles. The number of benzene rings is 5. The predicted molar refractivity (Wildman–Crippen MR) is 125 cm³/mol. The first-order chi connectivity index (χ1) is 15.4. The minimum absolute atomic E-state index is 0.229. The summed E-state index contributed by atoms with van der Waals surface area (Å²) in [4.78, 5) is 0.